The number of nitrogens with two attached hydrogens (primary N) is 1. The van der Waals surface area contributed by atoms with Crippen LogP contribution in [0.4, 0.5) is 8.78 Å². The third-order valence-electron chi connectivity index (χ3n) is 3.60. The molecule has 112 valence electrons. The van der Waals surface area contributed by atoms with Gasteiger partial charge in [0.15, 0.2) is 0 Å². The minimum Gasteiger partial charge on any atom is -0.328 e. The highest BCUT2D eigenvalue weighted by Crippen LogP contribution is 2.22. The maximum Gasteiger partial charge on any atom is 0.243 e. The second kappa shape index (κ2) is 5.75. The fraction of sp³-hybridized carbons (Fsp3) is 0.538. The SMILES string of the molecule is Cc1cc(F)c(S(=O)(=O)NC2CCC(N)CC2)cc1F. The van der Waals surface area contributed by atoms with E-state index in [1.807, 2.05) is 0 Å². The van der Waals surface area contributed by atoms with Crippen molar-refractivity contribution in [3.8, 4) is 0 Å². The van der Waals surface area contributed by atoms with Crippen LogP contribution in [0.25, 0.3) is 0 Å². The topological polar surface area (TPSA) is 72.2 Å². The van der Waals surface area contributed by atoms with Crippen molar-refractivity contribution in [1.29, 1.82) is 0 Å². The molecule has 2 rings (SSSR count). The Balaban J connectivity index is 2.20. The van der Waals surface area contributed by atoms with Crippen molar-refractivity contribution >= 4 is 10.0 Å². The van der Waals surface area contributed by atoms with Crippen LogP contribution < -0.4 is 10.5 Å². The molecule has 1 fully saturated rings. The van der Waals surface area contributed by atoms with Crippen LogP contribution in [0, 0.1) is 18.6 Å². The predicted molar refractivity (Wildman–Crippen MR) is 71.6 cm³/mol. The molecule has 1 aliphatic rings. The molecule has 0 spiro atoms. The number of benzene rings is 1. The molecule has 0 amide bonds. The van der Waals surface area contributed by atoms with Crippen molar-refractivity contribution in [3.63, 3.8) is 0 Å². The summed E-state index contributed by atoms with van der Waals surface area (Å²) in [4.78, 5) is -0.643. The highest BCUT2D eigenvalue weighted by Gasteiger charge is 2.27. The first-order valence-corrected chi connectivity index (χ1v) is 8.01. The van der Waals surface area contributed by atoms with Gasteiger partial charge in [0.05, 0.1) is 0 Å². The standard InChI is InChI=1S/C13H18F2N2O2S/c1-8-6-12(15)13(7-11(8)14)20(18,19)17-10-4-2-9(16)3-5-10/h6-7,9-10,17H,2-5,16H2,1H3. The Morgan fingerprint density at radius 1 is 1.15 bits per heavy atom. The lowest BCUT2D eigenvalue weighted by atomic mass is 9.93. The number of halogens is 2. The molecular weight excluding hydrogens is 286 g/mol. The van der Waals surface area contributed by atoms with Gasteiger partial charge in [-0.25, -0.2) is 21.9 Å². The van der Waals surface area contributed by atoms with Gasteiger partial charge < -0.3 is 5.73 Å². The van der Waals surface area contributed by atoms with Crippen LogP contribution >= 0.6 is 0 Å². The third kappa shape index (κ3) is 3.34. The Morgan fingerprint density at radius 2 is 1.75 bits per heavy atom. The normalized spacial score (nSPS) is 23.8. The molecule has 20 heavy (non-hydrogen) atoms. The summed E-state index contributed by atoms with van der Waals surface area (Å²) in [6.07, 6.45) is 2.66. The molecular formula is C13H18F2N2O2S. The van der Waals surface area contributed by atoms with E-state index in [2.05, 4.69) is 4.72 Å². The number of hydrogen-bond acceptors (Lipinski definition) is 3. The quantitative estimate of drug-likeness (QED) is 0.894. The van der Waals surface area contributed by atoms with E-state index in [0.717, 1.165) is 25.0 Å². The average molecular weight is 304 g/mol. The van der Waals surface area contributed by atoms with E-state index in [9.17, 15) is 17.2 Å². The molecule has 0 heterocycles. The summed E-state index contributed by atoms with van der Waals surface area (Å²) in [5.41, 5.74) is 5.82. The molecule has 0 saturated heterocycles. The Morgan fingerprint density at radius 3 is 2.35 bits per heavy atom. The Hall–Kier alpha value is -1.05. The smallest absolute Gasteiger partial charge is 0.243 e. The van der Waals surface area contributed by atoms with Crippen molar-refractivity contribution in [2.75, 3.05) is 0 Å². The largest absolute Gasteiger partial charge is 0.328 e. The van der Waals surface area contributed by atoms with E-state index in [0.29, 0.717) is 12.8 Å². The van der Waals surface area contributed by atoms with Crippen molar-refractivity contribution in [1.82, 2.24) is 4.72 Å². The lowest BCUT2D eigenvalue weighted by Crippen LogP contribution is -2.40. The summed E-state index contributed by atoms with van der Waals surface area (Å²) in [7, 11) is -4.05. The zero-order valence-corrected chi connectivity index (χ0v) is 12.0. The molecule has 0 aromatic heterocycles. The molecule has 0 bridgehead atoms. The van der Waals surface area contributed by atoms with E-state index in [4.69, 9.17) is 5.73 Å². The van der Waals surface area contributed by atoms with Crippen molar-refractivity contribution in [3.05, 3.63) is 29.3 Å². The van der Waals surface area contributed by atoms with Gasteiger partial charge in [-0.05, 0) is 50.3 Å². The van der Waals surface area contributed by atoms with Gasteiger partial charge in [-0.1, -0.05) is 0 Å². The molecule has 0 aliphatic heterocycles. The average Bonchev–Trinajstić information content (AvgIpc) is 2.36. The van der Waals surface area contributed by atoms with Gasteiger partial charge in [-0.15, -0.1) is 0 Å². The summed E-state index contributed by atoms with van der Waals surface area (Å²) >= 11 is 0. The summed E-state index contributed by atoms with van der Waals surface area (Å²) < 4.78 is 53.8. The van der Waals surface area contributed by atoms with E-state index < -0.39 is 26.6 Å². The fourth-order valence-electron chi connectivity index (χ4n) is 2.35. The fourth-order valence-corrected chi connectivity index (χ4v) is 3.73. The molecule has 3 N–H and O–H groups in total. The second-order valence-corrected chi connectivity index (χ2v) is 6.95. The van der Waals surface area contributed by atoms with E-state index in [1.165, 1.54) is 6.92 Å². The number of sulfonamides is 1. The predicted octanol–water partition coefficient (Wildman–Crippen LogP) is 1.82. The molecule has 0 atom stereocenters. The summed E-state index contributed by atoms with van der Waals surface area (Å²) in [6, 6.07) is 1.43. The van der Waals surface area contributed by atoms with Crippen LogP contribution in [0.1, 0.15) is 31.2 Å². The zero-order valence-electron chi connectivity index (χ0n) is 11.2. The second-order valence-electron chi connectivity index (χ2n) is 5.26. The van der Waals surface area contributed by atoms with Crippen LogP contribution in [-0.4, -0.2) is 20.5 Å². The van der Waals surface area contributed by atoms with Crippen LogP contribution in [0.15, 0.2) is 17.0 Å². The van der Waals surface area contributed by atoms with E-state index in [1.54, 1.807) is 0 Å². The molecule has 7 heteroatoms. The Labute approximate surface area is 117 Å². The molecule has 4 nitrogen and oxygen atoms in total. The van der Waals surface area contributed by atoms with Gasteiger partial charge in [-0.3, -0.25) is 0 Å². The number of nitrogens with one attached hydrogen (secondary N) is 1. The maximum absolute atomic E-state index is 13.7. The number of aryl methyl sites for hydroxylation is 1. The van der Waals surface area contributed by atoms with Gasteiger partial charge in [0, 0.05) is 12.1 Å². The first kappa shape index (κ1) is 15.3. The minimum atomic E-state index is -4.05. The zero-order chi connectivity index (χ0) is 14.9. The number of hydrogen-bond donors (Lipinski definition) is 2. The summed E-state index contributed by atoms with van der Waals surface area (Å²) in [5, 5.41) is 0. The van der Waals surface area contributed by atoms with Gasteiger partial charge in [0.25, 0.3) is 0 Å². The van der Waals surface area contributed by atoms with Crippen molar-refractivity contribution < 1.29 is 17.2 Å². The van der Waals surface area contributed by atoms with Crippen molar-refractivity contribution in [2.45, 2.75) is 49.6 Å². The lowest BCUT2D eigenvalue weighted by Gasteiger charge is -2.26. The number of rotatable bonds is 3. The maximum atomic E-state index is 13.7. The molecule has 1 aromatic rings. The van der Waals surface area contributed by atoms with Gasteiger partial charge in [-0.2, -0.15) is 0 Å². The first-order valence-electron chi connectivity index (χ1n) is 6.53. The minimum absolute atomic E-state index is 0.0742. The molecule has 1 saturated carbocycles. The highest BCUT2D eigenvalue weighted by molar-refractivity contribution is 7.89. The third-order valence-corrected chi connectivity index (χ3v) is 5.13. The molecule has 1 aliphatic carbocycles. The Kier molecular flexibility index (Phi) is 4.41. The van der Waals surface area contributed by atoms with Crippen LogP contribution in [0.2, 0.25) is 0 Å². The highest BCUT2D eigenvalue weighted by atomic mass is 32.2. The molecule has 1 aromatic carbocycles. The van der Waals surface area contributed by atoms with Gasteiger partial charge >= 0.3 is 0 Å². The van der Waals surface area contributed by atoms with Crippen LogP contribution in [0.5, 0.6) is 0 Å². The van der Waals surface area contributed by atoms with Crippen LogP contribution in [-0.2, 0) is 10.0 Å². The van der Waals surface area contributed by atoms with Gasteiger partial charge in [0.2, 0.25) is 10.0 Å². The van der Waals surface area contributed by atoms with Crippen molar-refractivity contribution in [2.24, 2.45) is 5.73 Å². The summed E-state index contributed by atoms with van der Waals surface area (Å²) in [5.74, 6) is -1.68. The molecule has 0 unspecified atom stereocenters. The lowest BCUT2D eigenvalue weighted by molar-refractivity contribution is 0.373. The molecule has 0 radical (unpaired) electrons. The van der Waals surface area contributed by atoms with E-state index >= 15 is 0 Å². The van der Waals surface area contributed by atoms with E-state index in [-0.39, 0.29) is 17.6 Å². The monoisotopic (exact) mass is 304 g/mol. The van der Waals surface area contributed by atoms with Crippen LogP contribution in [0.3, 0.4) is 0 Å². The summed E-state index contributed by atoms with van der Waals surface area (Å²) in [6.45, 7) is 1.38. The first-order chi connectivity index (χ1) is 9.29. The Bertz CT molecular complexity index is 597. The van der Waals surface area contributed by atoms with Gasteiger partial charge in [0.1, 0.15) is 16.5 Å².